The predicted molar refractivity (Wildman–Crippen MR) is 67.1 cm³/mol. The number of ether oxygens (including phenoxy) is 1. The van der Waals surface area contributed by atoms with Crippen LogP contribution >= 0.6 is 11.6 Å². The highest BCUT2D eigenvalue weighted by atomic mass is 35.5. The Labute approximate surface area is 113 Å². The van der Waals surface area contributed by atoms with Crippen molar-refractivity contribution >= 4 is 21.6 Å². The third-order valence-electron chi connectivity index (χ3n) is 2.15. The Morgan fingerprint density at radius 3 is 2.68 bits per heavy atom. The number of halogens is 2. The SMILES string of the molecule is NS(=O)(=O)c1cccnc1Oc1ccc(F)c(Cl)c1. The van der Waals surface area contributed by atoms with Gasteiger partial charge in [0.2, 0.25) is 15.9 Å². The van der Waals surface area contributed by atoms with Gasteiger partial charge in [0.1, 0.15) is 16.5 Å². The van der Waals surface area contributed by atoms with Gasteiger partial charge in [-0.3, -0.25) is 0 Å². The Balaban J connectivity index is 2.41. The van der Waals surface area contributed by atoms with E-state index >= 15 is 0 Å². The lowest BCUT2D eigenvalue weighted by Crippen LogP contribution is -2.13. The Bertz CT molecular complexity index is 722. The Hall–Kier alpha value is -1.70. The van der Waals surface area contributed by atoms with Gasteiger partial charge in [0.05, 0.1) is 5.02 Å². The van der Waals surface area contributed by atoms with Crippen molar-refractivity contribution in [1.82, 2.24) is 4.98 Å². The van der Waals surface area contributed by atoms with Gasteiger partial charge in [-0.1, -0.05) is 11.6 Å². The topological polar surface area (TPSA) is 82.3 Å². The van der Waals surface area contributed by atoms with E-state index in [0.29, 0.717) is 0 Å². The number of primary sulfonamides is 1. The van der Waals surface area contributed by atoms with E-state index in [1.165, 1.54) is 30.5 Å². The molecule has 0 aliphatic carbocycles. The summed E-state index contributed by atoms with van der Waals surface area (Å²) >= 11 is 5.59. The highest BCUT2D eigenvalue weighted by molar-refractivity contribution is 7.89. The van der Waals surface area contributed by atoms with Crippen LogP contribution in [-0.2, 0) is 10.0 Å². The zero-order valence-corrected chi connectivity index (χ0v) is 11.0. The van der Waals surface area contributed by atoms with Crippen molar-refractivity contribution in [2.75, 3.05) is 0 Å². The van der Waals surface area contributed by atoms with E-state index in [2.05, 4.69) is 4.98 Å². The molecule has 2 N–H and O–H groups in total. The lowest BCUT2D eigenvalue weighted by atomic mass is 10.3. The molecule has 2 aromatic rings. The van der Waals surface area contributed by atoms with Crippen LogP contribution < -0.4 is 9.88 Å². The second-order valence-corrected chi connectivity index (χ2v) is 5.47. The molecule has 100 valence electrons. The maximum atomic E-state index is 13.0. The second-order valence-electron chi connectivity index (χ2n) is 3.53. The largest absolute Gasteiger partial charge is 0.438 e. The smallest absolute Gasteiger partial charge is 0.243 e. The van der Waals surface area contributed by atoms with E-state index in [4.69, 9.17) is 21.5 Å². The van der Waals surface area contributed by atoms with E-state index in [1.54, 1.807) is 0 Å². The molecule has 0 spiro atoms. The monoisotopic (exact) mass is 302 g/mol. The molecular weight excluding hydrogens is 295 g/mol. The van der Waals surface area contributed by atoms with Gasteiger partial charge in [-0.15, -0.1) is 0 Å². The van der Waals surface area contributed by atoms with Crippen LogP contribution in [0, 0.1) is 5.82 Å². The maximum absolute atomic E-state index is 13.0. The van der Waals surface area contributed by atoms with Crippen molar-refractivity contribution in [2.45, 2.75) is 4.90 Å². The van der Waals surface area contributed by atoms with Crippen LogP contribution in [0.15, 0.2) is 41.4 Å². The summed E-state index contributed by atoms with van der Waals surface area (Å²) in [6, 6.07) is 6.26. The van der Waals surface area contributed by atoms with Gasteiger partial charge in [-0.05, 0) is 24.3 Å². The normalized spacial score (nSPS) is 11.3. The van der Waals surface area contributed by atoms with Crippen LogP contribution in [0.3, 0.4) is 0 Å². The number of nitrogens with zero attached hydrogens (tertiary/aromatic N) is 1. The Morgan fingerprint density at radius 1 is 1.32 bits per heavy atom. The van der Waals surface area contributed by atoms with Gasteiger partial charge in [0, 0.05) is 12.3 Å². The summed E-state index contributed by atoms with van der Waals surface area (Å²) in [7, 11) is -3.97. The first-order valence-electron chi connectivity index (χ1n) is 4.98. The summed E-state index contributed by atoms with van der Waals surface area (Å²) < 4.78 is 40.9. The molecular formula is C11H8ClFN2O3S. The van der Waals surface area contributed by atoms with E-state index < -0.39 is 15.8 Å². The van der Waals surface area contributed by atoms with Gasteiger partial charge in [-0.25, -0.2) is 22.9 Å². The number of aromatic nitrogens is 1. The first kappa shape index (κ1) is 13.7. The van der Waals surface area contributed by atoms with Crippen LogP contribution in [0.25, 0.3) is 0 Å². The minimum absolute atomic E-state index is 0.148. The number of hydrogen-bond donors (Lipinski definition) is 1. The summed E-state index contributed by atoms with van der Waals surface area (Å²) in [5.41, 5.74) is 0. The summed E-state index contributed by atoms with van der Waals surface area (Å²) in [6.07, 6.45) is 1.34. The van der Waals surface area contributed by atoms with Crippen LogP contribution in [0.5, 0.6) is 11.6 Å². The van der Waals surface area contributed by atoms with Gasteiger partial charge < -0.3 is 4.74 Å². The van der Waals surface area contributed by atoms with Gasteiger partial charge >= 0.3 is 0 Å². The predicted octanol–water partition coefficient (Wildman–Crippen LogP) is 2.31. The molecule has 2 rings (SSSR count). The first-order chi connectivity index (χ1) is 8.88. The quantitative estimate of drug-likeness (QED) is 0.943. The van der Waals surface area contributed by atoms with Gasteiger partial charge in [0.15, 0.2) is 0 Å². The molecule has 0 radical (unpaired) electrons. The third kappa shape index (κ3) is 3.19. The minimum atomic E-state index is -3.97. The van der Waals surface area contributed by atoms with Gasteiger partial charge in [-0.2, -0.15) is 0 Å². The summed E-state index contributed by atoms with van der Waals surface area (Å²) in [4.78, 5) is 3.51. The third-order valence-corrected chi connectivity index (χ3v) is 3.36. The number of sulfonamides is 1. The average molecular weight is 303 g/mol. The van der Waals surface area contributed by atoms with E-state index in [1.807, 2.05) is 0 Å². The fourth-order valence-electron chi connectivity index (χ4n) is 1.32. The number of pyridine rings is 1. The summed E-state index contributed by atoms with van der Waals surface area (Å²) in [5, 5.41) is 4.88. The molecule has 8 heteroatoms. The number of nitrogens with two attached hydrogens (primary N) is 1. The second kappa shape index (κ2) is 5.12. The summed E-state index contributed by atoms with van der Waals surface area (Å²) in [5.74, 6) is -0.663. The first-order valence-corrected chi connectivity index (χ1v) is 6.91. The molecule has 1 heterocycles. The van der Waals surface area contributed by atoms with E-state index in [0.717, 1.165) is 6.07 Å². The van der Waals surface area contributed by atoms with Crippen molar-refractivity contribution in [3.05, 3.63) is 47.4 Å². The molecule has 0 fully saturated rings. The van der Waals surface area contributed by atoms with Gasteiger partial charge in [0.25, 0.3) is 0 Å². The molecule has 0 amide bonds. The van der Waals surface area contributed by atoms with Crippen LogP contribution in [0.1, 0.15) is 0 Å². The molecule has 0 unspecified atom stereocenters. The molecule has 0 aliphatic rings. The summed E-state index contributed by atoms with van der Waals surface area (Å²) in [6.45, 7) is 0. The maximum Gasteiger partial charge on any atom is 0.243 e. The molecule has 1 aromatic heterocycles. The molecule has 0 aliphatic heterocycles. The van der Waals surface area contributed by atoms with Crippen molar-refractivity contribution in [3.8, 4) is 11.6 Å². The standard InChI is InChI=1S/C11H8ClFN2O3S/c12-8-6-7(3-4-9(8)13)18-11-10(19(14,16)17)2-1-5-15-11/h1-6H,(H2,14,16,17). The fourth-order valence-corrected chi connectivity index (χ4v) is 2.10. The Kier molecular flexibility index (Phi) is 3.70. The minimum Gasteiger partial charge on any atom is -0.438 e. The molecule has 1 aromatic carbocycles. The number of rotatable bonds is 3. The fraction of sp³-hybridized carbons (Fsp3) is 0. The van der Waals surface area contributed by atoms with Crippen molar-refractivity contribution < 1.29 is 17.5 Å². The molecule has 19 heavy (non-hydrogen) atoms. The molecule has 0 atom stereocenters. The van der Waals surface area contributed by atoms with Crippen LogP contribution in [0.4, 0.5) is 4.39 Å². The molecule has 0 saturated carbocycles. The Morgan fingerprint density at radius 2 is 2.05 bits per heavy atom. The molecule has 0 bridgehead atoms. The van der Waals surface area contributed by atoms with Crippen molar-refractivity contribution in [2.24, 2.45) is 5.14 Å². The van der Waals surface area contributed by atoms with E-state index in [9.17, 15) is 12.8 Å². The molecule has 5 nitrogen and oxygen atoms in total. The lowest BCUT2D eigenvalue weighted by Gasteiger charge is -2.08. The number of benzene rings is 1. The zero-order valence-electron chi connectivity index (χ0n) is 9.38. The van der Waals surface area contributed by atoms with E-state index in [-0.39, 0.29) is 21.5 Å². The number of hydrogen-bond acceptors (Lipinski definition) is 4. The van der Waals surface area contributed by atoms with Crippen molar-refractivity contribution in [1.29, 1.82) is 0 Å². The molecule has 0 saturated heterocycles. The highest BCUT2D eigenvalue weighted by Gasteiger charge is 2.16. The van der Waals surface area contributed by atoms with Crippen LogP contribution in [0.2, 0.25) is 5.02 Å². The lowest BCUT2D eigenvalue weighted by molar-refractivity contribution is 0.446. The zero-order chi connectivity index (χ0) is 14.0. The van der Waals surface area contributed by atoms with Crippen molar-refractivity contribution in [3.63, 3.8) is 0 Å². The van der Waals surface area contributed by atoms with Crippen LogP contribution in [-0.4, -0.2) is 13.4 Å². The highest BCUT2D eigenvalue weighted by Crippen LogP contribution is 2.28. The average Bonchev–Trinajstić information content (AvgIpc) is 2.33.